The Morgan fingerprint density at radius 3 is 2.25 bits per heavy atom. The van der Waals surface area contributed by atoms with Crippen molar-refractivity contribution in [3.05, 3.63) is 41.5 Å². The lowest BCUT2D eigenvalue weighted by Crippen LogP contribution is -2.19. The lowest BCUT2D eigenvalue weighted by atomic mass is 9.89. The molecule has 0 fully saturated rings. The third-order valence-corrected chi connectivity index (χ3v) is 3.83. The summed E-state index contributed by atoms with van der Waals surface area (Å²) < 4.78 is 23.2. The second-order valence-corrected chi connectivity index (χ2v) is 5.99. The highest BCUT2D eigenvalue weighted by molar-refractivity contribution is 8.00. The number of carbonyl (C=O) groups excluding carboxylic acids is 1. The van der Waals surface area contributed by atoms with E-state index in [2.05, 4.69) is 0 Å². The Hall–Kier alpha value is -1.42. The molecule has 0 saturated heterocycles. The van der Waals surface area contributed by atoms with Crippen LogP contribution in [0.4, 0.5) is 0 Å². The first-order chi connectivity index (χ1) is 7.41. The Labute approximate surface area is 94.7 Å². The van der Waals surface area contributed by atoms with Crippen LogP contribution in [0.15, 0.2) is 30.3 Å². The van der Waals surface area contributed by atoms with Gasteiger partial charge >= 0.3 is 0 Å². The average molecular weight is 236 g/mol. The highest BCUT2D eigenvalue weighted by atomic mass is 32.2. The van der Waals surface area contributed by atoms with Crippen LogP contribution in [-0.2, 0) is 9.84 Å². The van der Waals surface area contributed by atoms with Crippen molar-refractivity contribution in [3.63, 3.8) is 0 Å². The monoisotopic (exact) mass is 236 g/mol. The molecule has 0 aromatic heterocycles. The normalized spacial score (nSPS) is 20.2. The summed E-state index contributed by atoms with van der Waals surface area (Å²) in [6.07, 6.45) is 2.69. The maximum atomic E-state index is 11.8. The van der Waals surface area contributed by atoms with Crippen molar-refractivity contribution in [1.29, 1.82) is 0 Å². The summed E-state index contributed by atoms with van der Waals surface area (Å²) in [6, 6.07) is 6.83. The van der Waals surface area contributed by atoms with Crippen LogP contribution in [0.1, 0.15) is 22.8 Å². The molecule has 0 bridgehead atoms. The summed E-state index contributed by atoms with van der Waals surface area (Å²) in [5, 5.41) is 0. The molecular formula is C12H12O3S. The largest absolute Gasteiger partial charge is 0.294 e. The van der Waals surface area contributed by atoms with Crippen LogP contribution in [0.25, 0.3) is 4.91 Å². The standard InChI is InChI=1S/C12H12O3S/c1-8-7-11(16(2,14)15)9-5-3-4-6-10(9)12(8)13/h3-8H,1-2H3. The number of ketones is 1. The molecule has 0 amide bonds. The summed E-state index contributed by atoms with van der Waals surface area (Å²) in [7, 11) is -3.29. The Balaban J connectivity index is 2.74. The summed E-state index contributed by atoms with van der Waals surface area (Å²) >= 11 is 0. The molecule has 84 valence electrons. The minimum atomic E-state index is -3.29. The number of sulfone groups is 1. The molecule has 1 aromatic rings. The van der Waals surface area contributed by atoms with Gasteiger partial charge in [-0.2, -0.15) is 0 Å². The molecule has 2 rings (SSSR count). The third kappa shape index (κ3) is 1.69. The number of Topliss-reactive ketones (excluding diaryl/α,β-unsaturated/α-hetero) is 1. The molecule has 0 spiro atoms. The molecule has 4 heteroatoms. The van der Waals surface area contributed by atoms with Gasteiger partial charge in [0.05, 0.1) is 4.91 Å². The molecule has 1 atom stereocenters. The van der Waals surface area contributed by atoms with Crippen LogP contribution < -0.4 is 0 Å². The SMILES string of the molecule is CC1C=C(S(C)(=O)=O)c2ccccc2C1=O. The van der Waals surface area contributed by atoms with Crippen LogP contribution >= 0.6 is 0 Å². The lowest BCUT2D eigenvalue weighted by Gasteiger charge is -2.19. The maximum absolute atomic E-state index is 11.8. The number of allylic oxidation sites excluding steroid dienone is 1. The van der Waals surface area contributed by atoms with E-state index in [-0.39, 0.29) is 16.6 Å². The molecule has 1 aliphatic rings. The lowest BCUT2D eigenvalue weighted by molar-refractivity contribution is 0.0951. The maximum Gasteiger partial charge on any atom is 0.175 e. The van der Waals surface area contributed by atoms with Crippen LogP contribution in [0, 0.1) is 5.92 Å². The summed E-state index contributed by atoms with van der Waals surface area (Å²) in [5.74, 6) is -0.400. The van der Waals surface area contributed by atoms with Crippen molar-refractivity contribution >= 4 is 20.5 Å². The van der Waals surface area contributed by atoms with Gasteiger partial charge in [-0.3, -0.25) is 4.79 Å². The van der Waals surface area contributed by atoms with E-state index in [0.29, 0.717) is 11.1 Å². The van der Waals surface area contributed by atoms with Crippen molar-refractivity contribution < 1.29 is 13.2 Å². The van der Waals surface area contributed by atoms with Crippen molar-refractivity contribution in [1.82, 2.24) is 0 Å². The van der Waals surface area contributed by atoms with Gasteiger partial charge in [0.15, 0.2) is 15.6 Å². The van der Waals surface area contributed by atoms with Crippen LogP contribution in [0.2, 0.25) is 0 Å². The quantitative estimate of drug-likeness (QED) is 0.748. The fourth-order valence-electron chi connectivity index (χ4n) is 1.87. The first-order valence-corrected chi connectivity index (χ1v) is 6.86. The summed E-state index contributed by atoms with van der Waals surface area (Å²) in [6.45, 7) is 1.71. The van der Waals surface area contributed by atoms with E-state index in [9.17, 15) is 13.2 Å². The van der Waals surface area contributed by atoms with Gasteiger partial charge in [-0.1, -0.05) is 37.3 Å². The van der Waals surface area contributed by atoms with Crippen LogP contribution in [0.3, 0.4) is 0 Å². The average Bonchev–Trinajstić information content (AvgIpc) is 2.22. The molecule has 0 aliphatic heterocycles. The zero-order chi connectivity index (χ0) is 11.9. The van der Waals surface area contributed by atoms with Crippen molar-refractivity contribution in [2.45, 2.75) is 6.92 Å². The van der Waals surface area contributed by atoms with Crippen molar-refractivity contribution in [3.8, 4) is 0 Å². The second-order valence-electron chi connectivity index (χ2n) is 4.00. The summed E-state index contributed by atoms with van der Waals surface area (Å²) in [4.78, 5) is 12.1. The molecule has 3 nitrogen and oxygen atoms in total. The summed E-state index contributed by atoms with van der Waals surface area (Å²) in [5.41, 5.74) is 1.02. The molecule has 1 unspecified atom stereocenters. The zero-order valence-electron chi connectivity index (χ0n) is 9.10. The van der Waals surface area contributed by atoms with E-state index < -0.39 is 9.84 Å². The van der Waals surface area contributed by atoms with E-state index >= 15 is 0 Å². The highest BCUT2D eigenvalue weighted by Crippen LogP contribution is 2.32. The number of hydrogen-bond acceptors (Lipinski definition) is 3. The minimum absolute atomic E-state index is 0.0250. The number of benzene rings is 1. The molecular weight excluding hydrogens is 224 g/mol. The molecule has 0 N–H and O–H groups in total. The zero-order valence-corrected chi connectivity index (χ0v) is 9.91. The highest BCUT2D eigenvalue weighted by Gasteiger charge is 2.28. The van der Waals surface area contributed by atoms with E-state index in [4.69, 9.17) is 0 Å². The Morgan fingerprint density at radius 1 is 1.12 bits per heavy atom. The van der Waals surface area contributed by atoms with Gasteiger partial charge in [0, 0.05) is 23.3 Å². The predicted octanol–water partition coefficient (Wildman–Crippen LogP) is 1.90. The molecule has 0 radical (unpaired) electrons. The molecule has 0 saturated carbocycles. The minimum Gasteiger partial charge on any atom is -0.294 e. The fraction of sp³-hybridized carbons (Fsp3) is 0.250. The fourth-order valence-corrected chi connectivity index (χ4v) is 2.90. The van der Waals surface area contributed by atoms with Gasteiger partial charge < -0.3 is 0 Å². The van der Waals surface area contributed by atoms with Gasteiger partial charge in [0.2, 0.25) is 0 Å². The van der Waals surface area contributed by atoms with Gasteiger partial charge in [-0.05, 0) is 0 Å². The van der Waals surface area contributed by atoms with Gasteiger partial charge in [0.1, 0.15) is 0 Å². The smallest absolute Gasteiger partial charge is 0.175 e. The number of hydrogen-bond donors (Lipinski definition) is 0. The van der Waals surface area contributed by atoms with Crippen LogP contribution in [-0.4, -0.2) is 20.5 Å². The number of fused-ring (bicyclic) bond motifs is 1. The first kappa shape index (κ1) is 11.1. The number of carbonyl (C=O) groups is 1. The Kier molecular flexibility index (Phi) is 2.46. The van der Waals surface area contributed by atoms with Gasteiger partial charge in [-0.25, -0.2) is 8.42 Å². The Bertz CT molecular complexity index is 582. The van der Waals surface area contributed by atoms with Gasteiger partial charge in [-0.15, -0.1) is 0 Å². The predicted molar refractivity (Wildman–Crippen MR) is 62.8 cm³/mol. The van der Waals surface area contributed by atoms with E-state index in [1.54, 1.807) is 31.2 Å². The number of rotatable bonds is 1. The van der Waals surface area contributed by atoms with E-state index in [1.807, 2.05) is 0 Å². The van der Waals surface area contributed by atoms with Gasteiger partial charge in [0.25, 0.3) is 0 Å². The molecule has 16 heavy (non-hydrogen) atoms. The molecule has 1 aromatic carbocycles. The first-order valence-electron chi connectivity index (χ1n) is 4.97. The van der Waals surface area contributed by atoms with Crippen molar-refractivity contribution in [2.24, 2.45) is 5.92 Å². The third-order valence-electron chi connectivity index (χ3n) is 2.67. The van der Waals surface area contributed by atoms with Crippen LogP contribution in [0.5, 0.6) is 0 Å². The second kappa shape index (κ2) is 3.56. The van der Waals surface area contributed by atoms with E-state index in [1.165, 1.54) is 6.08 Å². The Morgan fingerprint density at radius 2 is 1.69 bits per heavy atom. The molecule has 0 heterocycles. The molecule has 1 aliphatic carbocycles. The topological polar surface area (TPSA) is 51.2 Å². The van der Waals surface area contributed by atoms with Crippen molar-refractivity contribution in [2.75, 3.05) is 6.26 Å². The van der Waals surface area contributed by atoms with E-state index in [0.717, 1.165) is 6.26 Å².